The van der Waals surface area contributed by atoms with Crippen LogP contribution in [0.2, 0.25) is 0 Å². The lowest BCUT2D eigenvalue weighted by atomic mass is 10.2. The van der Waals surface area contributed by atoms with Crippen molar-refractivity contribution in [1.29, 1.82) is 0 Å². The van der Waals surface area contributed by atoms with E-state index in [2.05, 4.69) is 15.5 Å². The van der Waals surface area contributed by atoms with Crippen LogP contribution >= 0.6 is 0 Å². The minimum atomic E-state index is -2.93. The van der Waals surface area contributed by atoms with E-state index < -0.39 is 9.84 Å². The Kier molecular flexibility index (Phi) is 4.76. The molecule has 0 aromatic carbocycles. The zero-order chi connectivity index (χ0) is 15.5. The molecule has 1 aliphatic rings. The Balaban J connectivity index is 2.01. The van der Waals surface area contributed by atoms with Crippen molar-refractivity contribution in [3.63, 3.8) is 0 Å². The number of hydrogen-bond acceptors (Lipinski definition) is 6. The van der Waals surface area contributed by atoms with Crippen LogP contribution in [-0.2, 0) is 9.84 Å². The zero-order valence-corrected chi connectivity index (χ0v) is 13.1. The third-order valence-corrected chi connectivity index (χ3v) is 5.29. The van der Waals surface area contributed by atoms with E-state index >= 15 is 0 Å². The molecule has 0 spiro atoms. The lowest BCUT2D eigenvalue weighted by Crippen LogP contribution is -2.31. The summed E-state index contributed by atoms with van der Waals surface area (Å²) in [5.74, 6) is 0.668. The van der Waals surface area contributed by atoms with Gasteiger partial charge in [0.25, 0.3) is 5.91 Å². The first-order chi connectivity index (χ1) is 9.95. The molecule has 1 N–H and O–H groups in total. The molecule has 21 heavy (non-hydrogen) atoms. The number of sulfone groups is 1. The molecular formula is C13H20N4O3S. The Morgan fingerprint density at radius 1 is 1.33 bits per heavy atom. The molecular weight excluding hydrogens is 292 g/mol. The maximum absolute atomic E-state index is 12.1. The molecule has 7 nitrogen and oxygen atoms in total. The highest BCUT2D eigenvalue weighted by Gasteiger charge is 2.28. The van der Waals surface area contributed by atoms with E-state index in [1.165, 1.54) is 0 Å². The Hall–Kier alpha value is -1.70. The predicted molar refractivity (Wildman–Crippen MR) is 80.0 cm³/mol. The number of nitrogens with zero attached hydrogens (tertiary/aromatic N) is 3. The van der Waals surface area contributed by atoms with Crippen LogP contribution in [0.3, 0.4) is 0 Å². The summed E-state index contributed by atoms with van der Waals surface area (Å²) in [6, 6.07) is 3.14. The Bertz CT molecular complexity index is 596. The van der Waals surface area contributed by atoms with E-state index in [0.717, 1.165) is 0 Å². The molecule has 1 aliphatic heterocycles. The predicted octanol–water partition coefficient (Wildman–Crippen LogP) is 0.558. The van der Waals surface area contributed by atoms with Gasteiger partial charge in [0.05, 0.1) is 11.5 Å². The molecule has 1 unspecified atom stereocenters. The normalized spacial score (nSPS) is 20.2. The van der Waals surface area contributed by atoms with Gasteiger partial charge in [-0.2, -0.15) is 0 Å². The van der Waals surface area contributed by atoms with Crippen LogP contribution < -0.4 is 5.32 Å². The van der Waals surface area contributed by atoms with E-state index in [0.29, 0.717) is 31.0 Å². The first-order valence-electron chi connectivity index (χ1n) is 7.05. The van der Waals surface area contributed by atoms with Gasteiger partial charge in [-0.3, -0.25) is 4.79 Å². The average Bonchev–Trinajstić information content (AvgIpc) is 2.80. The summed E-state index contributed by atoms with van der Waals surface area (Å²) in [7, 11) is -2.93. The summed E-state index contributed by atoms with van der Waals surface area (Å²) >= 11 is 0. The Morgan fingerprint density at radius 2 is 2.05 bits per heavy atom. The summed E-state index contributed by atoms with van der Waals surface area (Å²) in [5.41, 5.74) is 0.295. The molecule has 0 saturated carbocycles. The largest absolute Gasteiger partial charge is 0.365 e. The van der Waals surface area contributed by atoms with Gasteiger partial charge in [-0.15, -0.1) is 10.2 Å². The first-order valence-corrected chi connectivity index (χ1v) is 8.87. The fraction of sp³-hybridized carbons (Fsp3) is 0.615. The van der Waals surface area contributed by atoms with Crippen LogP contribution in [-0.4, -0.2) is 60.1 Å². The molecule has 0 aliphatic carbocycles. The number of nitrogens with one attached hydrogen (secondary N) is 1. The molecule has 1 saturated heterocycles. The van der Waals surface area contributed by atoms with Gasteiger partial charge in [0.15, 0.2) is 15.5 Å². The van der Waals surface area contributed by atoms with Crippen LogP contribution in [0.1, 0.15) is 30.8 Å². The third kappa shape index (κ3) is 3.90. The smallest absolute Gasteiger partial charge is 0.274 e. The van der Waals surface area contributed by atoms with Gasteiger partial charge < -0.3 is 10.2 Å². The van der Waals surface area contributed by atoms with Crippen molar-refractivity contribution in [3.8, 4) is 0 Å². The van der Waals surface area contributed by atoms with Gasteiger partial charge in [-0.1, -0.05) is 0 Å². The van der Waals surface area contributed by atoms with E-state index in [4.69, 9.17) is 0 Å². The lowest BCUT2D eigenvalue weighted by molar-refractivity contribution is 0.0766. The van der Waals surface area contributed by atoms with E-state index in [9.17, 15) is 13.2 Å². The van der Waals surface area contributed by atoms with Gasteiger partial charge in [0.2, 0.25) is 0 Å². The fourth-order valence-electron chi connectivity index (χ4n) is 2.31. The molecule has 1 aromatic heterocycles. The van der Waals surface area contributed by atoms with Gasteiger partial charge in [-0.05, 0) is 32.4 Å². The second-order valence-electron chi connectivity index (χ2n) is 5.03. The lowest BCUT2D eigenvalue weighted by Gasteiger charge is -2.17. The summed E-state index contributed by atoms with van der Waals surface area (Å²) < 4.78 is 22.8. The van der Waals surface area contributed by atoms with Gasteiger partial charge in [-0.25, -0.2) is 8.42 Å². The van der Waals surface area contributed by atoms with Gasteiger partial charge >= 0.3 is 0 Å². The van der Waals surface area contributed by atoms with Crippen molar-refractivity contribution in [3.05, 3.63) is 17.8 Å². The van der Waals surface area contributed by atoms with E-state index in [-0.39, 0.29) is 23.5 Å². The fourth-order valence-corrected chi connectivity index (χ4v) is 3.99. The maximum Gasteiger partial charge on any atom is 0.274 e. The van der Waals surface area contributed by atoms with Crippen LogP contribution in [0, 0.1) is 0 Å². The van der Waals surface area contributed by atoms with Gasteiger partial charge in [0, 0.05) is 19.1 Å². The molecule has 2 heterocycles. The van der Waals surface area contributed by atoms with Crippen LogP contribution in [0.5, 0.6) is 0 Å². The molecule has 1 fully saturated rings. The van der Waals surface area contributed by atoms with E-state index in [1.54, 1.807) is 17.0 Å². The Morgan fingerprint density at radius 3 is 2.52 bits per heavy atom. The minimum Gasteiger partial charge on any atom is -0.365 e. The molecule has 1 amide bonds. The average molecular weight is 312 g/mol. The number of aromatic nitrogens is 2. The van der Waals surface area contributed by atoms with Crippen LogP contribution in [0.4, 0.5) is 5.82 Å². The first kappa shape index (κ1) is 15.7. The van der Waals surface area contributed by atoms with Crippen molar-refractivity contribution in [2.24, 2.45) is 0 Å². The second-order valence-corrected chi connectivity index (χ2v) is 7.25. The number of anilines is 1. The van der Waals surface area contributed by atoms with Crippen molar-refractivity contribution in [2.45, 2.75) is 26.3 Å². The molecule has 1 atom stereocenters. The zero-order valence-electron chi connectivity index (χ0n) is 12.2. The summed E-state index contributed by atoms with van der Waals surface area (Å²) in [4.78, 5) is 13.7. The number of hydrogen-bond donors (Lipinski definition) is 1. The SMILES string of the molecule is CCN(CC)C(=O)c1ccc(NC2CCS(=O)(=O)C2)nn1. The highest BCUT2D eigenvalue weighted by Crippen LogP contribution is 2.16. The summed E-state index contributed by atoms with van der Waals surface area (Å²) in [6.45, 7) is 5.06. The highest BCUT2D eigenvalue weighted by atomic mass is 32.2. The third-order valence-electron chi connectivity index (χ3n) is 3.52. The topological polar surface area (TPSA) is 92.3 Å². The van der Waals surface area contributed by atoms with Crippen molar-refractivity contribution in [1.82, 2.24) is 15.1 Å². The molecule has 116 valence electrons. The number of carbonyl (C=O) groups excluding carboxylic acids is 1. The monoisotopic (exact) mass is 312 g/mol. The highest BCUT2D eigenvalue weighted by molar-refractivity contribution is 7.91. The number of carbonyl (C=O) groups is 1. The minimum absolute atomic E-state index is 0.120. The number of rotatable bonds is 5. The van der Waals surface area contributed by atoms with Crippen molar-refractivity contribution < 1.29 is 13.2 Å². The summed E-state index contributed by atoms with van der Waals surface area (Å²) in [5, 5.41) is 10.9. The maximum atomic E-state index is 12.1. The van der Waals surface area contributed by atoms with E-state index in [1.807, 2.05) is 13.8 Å². The Labute approximate surface area is 124 Å². The molecule has 1 aromatic rings. The van der Waals surface area contributed by atoms with Crippen LogP contribution in [0.25, 0.3) is 0 Å². The van der Waals surface area contributed by atoms with Gasteiger partial charge in [0.1, 0.15) is 5.82 Å². The quantitative estimate of drug-likeness (QED) is 0.854. The van der Waals surface area contributed by atoms with Crippen LogP contribution in [0.15, 0.2) is 12.1 Å². The standard InChI is InChI=1S/C13H20N4O3S/c1-3-17(4-2)13(18)11-5-6-12(16-15-11)14-10-7-8-21(19,20)9-10/h5-6,10H,3-4,7-9H2,1-2H3,(H,14,16). The molecule has 2 rings (SSSR count). The molecule has 0 bridgehead atoms. The van der Waals surface area contributed by atoms with Crippen molar-refractivity contribution >= 4 is 21.6 Å². The van der Waals surface area contributed by atoms with Crippen molar-refractivity contribution in [2.75, 3.05) is 29.9 Å². The molecule has 0 radical (unpaired) electrons. The number of amides is 1. The summed E-state index contributed by atoms with van der Waals surface area (Å²) in [6.07, 6.45) is 0.574. The second kappa shape index (κ2) is 6.38. The molecule has 8 heteroatoms.